The number of rotatable bonds is 5. The van der Waals surface area contributed by atoms with Crippen LogP contribution in [0.4, 0.5) is 0 Å². The van der Waals surface area contributed by atoms with Crippen molar-refractivity contribution in [2.45, 2.75) is 43.6 Å². The molecular weight excluding hydrogens is 419 g/mol. The van der Waals surface area contributed by atoms with E-state index in [0.717, 1.165) is 23.1 Å². The third-order valence-corrected chi connectivity index (χ3v) is 7.31. The summed E-state index contributed by atoms with van der Waals surface area (Å²) in [7, 11) is 0. The first kappa shape index (κ1) is 16.1. The van der Waals surface area contributed by atoms with Crippen molar-refractivity contribution in [3.63, 3.8) is 0 Å². The van der Waals surface area contributed by atoms with E-state index in [-0.39, 0.29) is 17.2 Å². The van der Waals surface area contributed by atoms with Crippen LogP contribution in [0.3, 0.4) is 0 Å². The number of nitrogens with one attached hydrogen (secondary N) is 1. The molecule has 0 aromatic rings. The Morgan fingerprint density at radius 1 is 1.56 bits per heavy atom. The minimum atomic E-state index is -0.423. The number of aliphatic hydroxyl groups excluding tert-OH is 1. The van der Waals surface area contributed by atoms with E-state index in [2.05, 4.69) is 5.32 Å². The first-order valence-corrected chi connectivity index (χ1v) is 10.4. The molecule has 0 aromatic carbocycles. The summed E-state index contributed by atoms with van der Waals surface area (Å²) >= 11 is 0.550. The Morgan fingerprint density at radius 2 is 2.17 bits per heavy atom. The van der Waals surface area contributed by atoms with E-state index >= 15 is 0 Å². The van der Waals surface area contributed by atoms with Crippen LogP contribution in [0.2, 0.25) is 3.93 Å². The van der Waals surface area contributed by atoms with Crippen molar-refractivity contribution in [2.75, 3.05) is 6.54 Å². The number of hydrogen-bond donors (Lipinski definition) is 2. The first-order valence-electron chi connectivity index (χ1n) is 6.50. The van der Waals surface area contributed by atoms with Gasteiger partial charge in [-0.2, -0.15) is 0 Å². The SMILES string of the molecule is CC1(C=O)CCC(C(=O)NCC(O)[CH2][Hg])C1(C)C. The van der Waals surface area contributed by atoms with Crippen molar-refractivity contribution >= 4 is 12.2 Å². The molecule has 0 aromatic heterocycles. The molecule has 3 atom stereocenters. The van der Waals surface area contributed by atoms with E-state index in [1.54, 1.807) is 0 Å². The molecule has 1 amide bonds. The van der Waals surface area contributed by atoms with Crippen LogP contribution in [0, 0.1) is 16.7 Å². The van der Waals surface area contributed by atoms with Crippen molar-refractivity contribution in [2.24, 2.45) is 16.7 Å². The number of aldehydes is 1. The van der Waals surface area contributed by atoms with Gasteiger partial charge in [0.2, 0.25) is 0 Å². The molecule has 1 fully saturated rings. The summed E-state index contributed by atoms with van der Waals surface area (Å²) in [6.07, 6.45) is 2.09. The summed E-state index contributed by atoms with van der Waals surface area (Å²) in [5.41, 5.74) is -0.748. The zero-order chi connectivity index (χ0) is 14.0. The predicted octanol–water partition coefficient (Wildman–Crippen LogP) is 1.07. The first-order chi connectivity index (χ1) is 8.28. The van der Waals surface area contributed by atoms with Gasteiger partial charge in [-0.1, -0.05) is 0 Å². The summed E-state index contributed by atoms with van der Waals surface area (Å²) in [6, 6.07) is 0. The molecule has 0 saturated heterocycles. The molecule has 1 aliphatic rings. The third kappa shape index (κ3) is 2.95. The summed E-state index contributed by atoms with van der Waals surface area (Å²) in [6.45, 7) is 6.25. The molecule has 0 aliphatic heterocycles. The van der Waals surface area contributed by atoms with Gasteiger partial charge in [0, 0.05) is 0 Å². The molecule has 1 rings (SSSR count). The van der Waals surface area contributed by atoms with Gasteiger partial charge in [0.1, 0.15) is 0 Å². The van der Waals surface area contributed by atoms with Gasteiger partial charge in [-0.05, 0) is 0 Å². The van der Waals surface area contributed by atoms with Gasteiger partial charge < -0.3 is 0 Å². The molecule has 0 heterocycles. The van der Waals surface area contributed by atoms with Gasteiger partial charge in [-0.15, -0.1) is 0 Å². The van der Waals surface area contributed by atoms with E-state index in [4.69, 9.17) is 0 Å². The molecule has 0 bridgehead atoms. The van der Waals surface area contributed by atoms with Gasteiger partial charge >= 0.3 is 125 Å². The van der Waals surface area contributed by atoms with Gasteiger partial charge in [0.25, 0.3) is 0 Å². The van der Waals surface area contributed by atoms with E-state index in [1.165, 1.54) is 0 Å². The minimum absolute atomic E-state index is 0.0218. The summed E-state index contributed by atoms with van der Waals surface area (Å²) < 4.78 is 0.820. The van der Waals surface area contributed by atoms with Crippen molar-refractivity contribution in [3.05, 3.63) is 0 Å². The zero-order valence-electron chi connectivity index (χ0n) is 11.5. The number of amides is 1. The zero-order valence-corrected chi connectivity index (χ0v) is 17.0. The van der Waals surface area contributed by atoms with E-state index < -0.39 is 11.5 Å². The quantitative estimate of drug-likeness (QED) is 0.496. The van der Waals surface area contributed by atoms with Gasteiger partial charge in [-0.3, -0.25) is 0 Å². The van der Waals surface area contributed by atoms with Gasteiger partial charge in [-0.25, -0.2) is 0 Å². The van der Waals surface area contributed by atoms with Crippen LogP contribution in [0.25, 0.3) is 0 Å². The second-order valence-electron chi connectivity index (χ2n) is 6.04. The van der Waals surface area contributed by atoms with Crippen LogP contribution in [0.1, 0.15) is 33.6 Å². The van der Waals surface area contributed by atoms with Crippen LogP contribution < -0.4 is 5.32 Å². The Kier molecular flexibility index (Phi) is 5.36. The molecule has 2 N–H and O–H groups in total. The standard InChI is InChI=1S/C13H22NO3.Hg/c1-9(16)7-14-11(17)10-5-6-13(4,8-15)12(10,2)3;/h8-10,16H,1,5-7H2,2-4H3,(H,14,17);. The molecule has 99 valence electrons. The van der Waals surface area contributed by atoms with E-state index in [1.807, 2.05) is 20.8 Å². The fraction of sp³-hybridized carbons (Fsp3) is 0.846. The molecule has 0 radical (unpaired) electrons. The van der Waals surface area contributed by atoms with Crippen LogP contribution in [-0.4, -0.2) is 29.9 Å². The van der Waals surface area contributed by atoms with Crippen molar-refractivity contribution in [1.29, 1.82) is 0 Å². The second kappa shape index (κ2) is 5.99. The normalized spacial score (nSPS) is 32.0. The average molecular weight is 441 g/mol. The van der Waals surface area contributed by atoms with Crippen LogP contribution >= 0.6 is 0 Å². The summed E-state index contributed by atoms with van der Waals surface area (Å²) in [5.74, 6) is -0.162. The fourth-order valence-electron chi connectivity index (χ4n) is 2.64. The number of carbonyl (C=O) groups excluding carboxylic acids is 2. The van der Waals surface area contributed by atoms with Crippen LogP contribution in [0.5, 0.6) is 0 Å². The van der Waals surface area contributed by atoms with E-state index in [0.29, 0.717) is 32.7 Å². The third-order valence-electron chi connectivity index (χ3n) is 4.72. The summed E-state index contributed by atoms with van der Waals surface area (Å²) in [4.78, 5) is 23.4. The van der Waals surface area contributed by atoms with Crippen molar-refractivity contribution in [3.8, 4) is 0 Å². The maximum absolute atomic E-state index is 12.2. The van der Waals surface area contributed by atoms with E-state index in [9.17, 15) is 14.7 Å². The molecule has 4 nitrogen and oxygen atoms in total. The molecule has 3 unspecified atom stereocenters. The average Bonchev–Trinajstić information content (AvgIpc) is 2.58. The van der Waals surface area contributed by atoms with Gasteiger partial charge in [0.15, 0.2) is 0 Å². The molecule has 18 heavy (non-hydrogen) atoms. The molecule has 1 aliphatic carbocycles. The molecule has 0 spiro atoms. The van der Waals surface area contributed by atoms with Crippen LogP contribution in [0.15, 0.2) is 0 Å². The topological polar surface area (TPSA) is 66.4 Å². The number of hydrogen-bond acceptors (Lipinski definition) is 3. The molecule has 5 heteroatoms. The molecule has 1 saturated carbocycles. The Morgan fingerprint density at radius 3 is 2.61 bits per heavy atom. The Balaban J connectivity index is 2.68. The van der Waals surface area contributed by atoms with Crippen molar-refractivity contribution in [1.82, 2.24) is 5.32 Å². The Hall–Kier alpha value is 0.0351. The van der Waals surface area contributed by atoms with Gasteiger partial charge in [0.05, 0.1) is 0 Å². The number of aliphatic hydroxyl groups is 1. The van der Waals surface area contributed by atoms with Crippen LogP contribution in [-0.2, 0) is 35.7 Å². The summed E-state index contributed by atoms with van der Waals surface area (Å²) in [5, 5.41) is 12.3. The van der Waals surface area contributed by atoms with Crippen molar-refractivity contribution < 1.29 is 40.8 Å². The predicted molar refractivity (Wildman–Crippen MR) is 64.5 cm³/mol. The Bertz CT molecular complexity index is 332. The fourth-order valence-corrected chi connectivity index (χ4v) is 3.43. The second-order valence-corrected chi connectivity index (χ2v) is 8.28. The molecular formula is C13H22HgNO3. The Labute approximate surface area is 125 Å². The monoisotopic (exact) mass is 442 g/mol. The number of carbonyl (C=O) groups is 2. The maximum atomic E-state index is 12.2.